The van der Waals surface area contributed by atoms with Gasteiger partial charge in [0.2, 0.25) is 0 Å². The second-order valence-electron chi connectivity index (χ2n) is 5.74. The molecule has 2 aromatic rings. The largest absolute Gasteiger partial charge is 0.473 e. The van der Waals surface area contributed by atoms with Gasteiger partial charge in [-0.15, -0.1) is 0 Å². The molecular formula is C19H19FN2O2. The second kappa shape index (κ2) is 7.77. The molecule has 24 heavy (non-hydrogen) atoms. The highest BCUT2D eigenvalue weighted by atomic mass is 19.1. The summed E-state index contributed by atoms with van der Waals surface area (Å²) >= 11 is 0. The standard InChI is InChI=1S/C19H19FN2O2/c20-17-6-8-19(9-7-17)24-15-22-11-10-21(13-18(22)14-23)12-16-4-2-1-3-5-16/h1-9H,10-13,15H2. The zero-order valence-corrected chi connectivity index (χ0v) is 13.3. The van der Waals surface area contributed by atoms with Gasteiger partial charge in [-0.3, -0.25) is 4.90 Å². The summed E-state index contributed by atoms with van der Waals surface area (Å²) < 4.78 is 18.5. The van der Waals surface area contributed by atoms with Crippen LogP contribution in [-0.4, -0.2) is 42.1 Å². The van der Waals surface area contributed by atoms with Crippen LogP contribution < -0.4 is 4.74 Å². The lowest BCUT2D eigenvalue weighted by molar-refractivity contribution is 0.101. The zero-order valence-electron chi connectivity index (χ0n) is 13.3. The third-order valence-electron chi connectivity index (χ3n) is 4.01. The number of benzene rings is 2. The van der Waals surface area contributed by atoms with Crippen molar-refractivity contribution >= 4 is 5.94 Å². The van der Waals surface area contributed by atoms with E-state index in [4.69, 9.17) is 4.74 Å². The van der Waals surface area contributed by atoms with Crippen molar-refractivity contribution in [2.24, 2.45) is 0 Å². The van der Waals surface area contributed by atoms with Crippen molar-refractivity contribution in [3.05, 3.63) is 71.7 Å². The van der Waals surface area contributed by atoms with Crippen molar-refractivity contribution in [3.63, 3.8) is 0 Å². The Morgan fingerprint density at radius 1 is 1.04 bits per heavy atom. The Morgan fingerprint density at radius 2 is 1.79 bits per heavy atom. The van der Waals surface area contributed by atoms with Crippen LogP contribution in [0.15, 0.2) is 60.3 Å². The Morgan fingerprint density at radius 3 is 2.50 bits per heavy atom. The molecule has 0 unspecified atom stereocenters. The molecule has 0 saturated carbocycles. The van der Waals surface area contributed by atoms with Crippen molar-refractivity contribution < 1.29 is 13.9 Å². The first-order chi connectivity index (χ1) is 11.7. The van der Waals surface area contributed by atoms with Crippen LogP contribution in [0, 0.1) is 5.82 Å². The molecule has 4 nitrogen and oxygen atoms in total. The van der Waals surface area contributed by atoms with E-state index >= 15 is 0 Å². The quantitative estimate of drug-likeness (QED) is 0.791. The summed E-state index contributed by atoms with van der Waals surface area (Å²) in [5.74, 6) is 2.30. The Balaban J connectivity index is 1.55. The van der Waals surface area contributed by atoms with E-state index in [-0.39, 0.29) is 12.5 Å². The minimum absolute atomic E-state index is 0.259. The second-order valence-corrected chi connectivity index (χ2v) is 5.74. The van der Waals surface area contributed by atoms with Gasteiger partial charge in [0.25, 0.3) is 0 Å². The molecule has 3 rings (SSSR count). The first-order valence-electron chi connectivity index (χ1n) is 7.88. The van der Waals surface area contributed by atoms with Gasteiger partial charge in [0.1, 0.15) is 23.2 Å². The van der Waals surface area contributed by atoms with Crippen LogP contribution in [0.4, 0.5) is 4.39 Å². The van der Waals surface area contributed by atoms with E-state index in [0.717, 1.165) is 13.1 Å². The number of ether oxygens (including phenoxy) is 1. The summed E-state index contributed by atoms with van der Waals surface area (Å²) in [5.41, 5.74) is 1.80. The van der Waals surface area contributed by atoms with Gasteiger partial charge in [-0.05, 0) is 29.8 Å². The van der Waals surface area contributed by atoms with Gasteiger partial charge in [-0.1, -0.05) is 30.3 Å². The van der Waals surface area contributed by atoms with Crippen LogP contribution in [0.1, 0.15) is 5.56 Å². The summed E-state index contributed by atoms with van der Waals surface area (Å²) in [4.78, 5) is 15.4. The van der Waals surface area contributed by atoms with E-state index in [1.54, 1.807) is 12.1 Å². The lowest BCUT2D eigenvalue weighted by Crippen LogP contribution is -2.45. The third kappa shape index (κ3) is 4.22. The first-order valence-corrected chi connectivity index (χ1v) is 7.88. The fraction of sp³-hybridized carbons (Fsp3) is 0.263. The van der Waals surface area contributed by atoms with Crippen LogP contribution >= 0.6 is 0 Å². The molecule has 0 amide bonds. The van der Waals surface area contributed by atoms with Gasteiger partial charge in [0.05, 0.1) is 0 Å². The van der Waals surface area contributed by atoms with Crippen molar-refractivity contribution in [2.75, 3.05) is 26.4 Å². The molecule has 0 N–H and O–H groups in total. The number of hydrogen-bond acceptors (Lipinski definition) is 4. The fourth-order valence-electron chi connectivity index (χ4n) is 2.69. The van der Waals surface area contributed by atoms with Crippen LogP contribution in [-0.2, 0) is 11.3 Å². The molecule has 0 atom stereocenters. The first kappa shape index (κ1) is 16.2. The Bertz CT molecular complexity index is 712. The smallest absolute Gasteiger partial charge is 0.161 e. The highest BCUT2D eigenvalue weighted by Gasteiger charge is 2.22. The van der Waals surface area contributed by atoms with Crippen LogP contribution in [0.3, 0.4) is 0 Å². The third-order valence-corrected chi connectivity index (χ3v) is 4.01. The van der Waals surface area contributed by atoms with E-state index in [1.165, 1.54) is 17.7 Å². The van der Waals surface area contributed by atoms with Gasteiger partial charge in [-0.2, -0.15) is 0 Å². The Labute approximate surface area is 140 Å². The molecule has 5 heteroatoms. The highest BCUT2D eigenvalue weighted by Crippen LogP contribution is 2.16. The van der Waals surface area contributed by atoms with E-state index in [1.807, 2.05) is 29.0 Å². The average Bonchev–Trinajstić information content (AvgIpc) is 2.62. The summed E-state index contributed by atoms with van der Waals surface area (Å²) in [6.07, 6.45) is 0. The van der Waals surface area contributed by atoms with Gasteiger partial charge in [0.15, 0.2) is 6.73 Å². The number of hydrogen-bond donors (Lipinski definition) is 0. The van der Waals surface area contributed by atoms with Gasteiger partial charge in [-0.25, -0.2) is 9.18 Å². The molecule has 0 spiro atoms. The van der Waals surface area contributed by atoms with Crippen LogP contribution in [0.5, 0.6) is 5.75 Å². The average molecular weight is 326 g/mol. The molecule has 1 heterocycles. The molecule has 1 saturated heterocycles. The number of carbonyl (C=O) groups excluding carboxylic acids is 1. The summed E-state index contributed by atoms with van der Waals surface area (Å²) in [7, 11) is 0. The molecule has 0 aromatic heterocycles. The van der Waals surface area contributed by atoms with Crippen molar-refractivity contribution in [3.8, 4) is 5.75 Å². The molecule has 0 aliphatic carbocycles. The van der Waals surface area contributed by atoms with Crippen molar-refractivity contribution in [1.82, 2.24) is 9.80 Å². The lowest BCUT2D eigenvalue weighted by atomic mass is 10.2. The molecule has 0 bridgehead atoms. The van der Waals surface area contributed by atoms with E-state index < -0.39 is 0 Å². The molecular weight excluding hydrogens is 307 g/mol. The minimum Gasteiger partial charge on any atom is -0.473 e. The number of nitrogens with zero attached hydrogens (tertiary/aromatic N) is 2. The Hall–Kier alpha value is -2.62. The SMILES string of the molecule is O=C=C1CN(Cc2ccccc2)CCN1COc1ccc(F)cc1. The van der Waals surface area contributed by atoms with E-state index in [2.05, 4.69) is 17.0 Å². The van der Waals surface area contributed by atoms with Crippen LogP contribution in [0.25, 0.3) is 0 Å². The maximum Gasteiger partial charge on any atom is 0.161 e. The number of rotatable bonds is 5. The predicted molar refractivity (Wildman–Crippen MR) is 89.5 cm³/mol. The van der Waals surface area contributed by atoms with Gasteiger partial charge >= 0.3 is 0 Å². The molecule has 1 fully saturated rings. The molecule has 124 valence electrons. The zero-order chi connectivity index (χ0) is 16.8. The summed E-state index contributed by atoms with van der Waals surface area (Å²) in [6.45, 7) is 3.14. The predicted octanol–water partition coefficient (Wildman–Crippen LogP) is 2.70. The molecule has 1 aliphatic heterocycles. The lowest BCUT2D eigenvalue weighted by Gasteiger charge is -2.36. The van der Waals surface area contributed by atoms with Gasteiger partial charge in [0, 0.05) is 26.2 Å². The maximum absolute atomic E-state index is 12.9. The van der Waals surface area contributed by atoms with E-state index in [9.17, 15) is 9.18 Å². The normalized spacial score (nSPS) is 15.2. The van der Waals surface area contributed by atoms with Crippen molar-refractivity contribution in [2.45, 2.75) is 6.54 Å². The number of halogens is 1. The van der Waals surface area contributed by atoms with E-state index in [0.29, 0.717) is 24.5 Å². The fourth-order valence-corrected chi connectivity index (χ4v) is 2.69. The molecule has 2 aromatic carbocycles. The topological polar surface area (TPSA) is 32.8 Å². The Kier molecular flexibility index (Phi) is 5.26. The maximum atomic E-state index is 12.9. The molecule has 1 aliphatic rings. The summed E-state index contributed by atoms with van der Waals surface area (Å²) in [6, 6.07) is 16.0. The molecule has 0 radical (unpaired) electrons. The number of piperazine rings is 1. The highest BCUT2D eigenvalue weighted by molar-refractivity contribution is 5.52. The minimum atomic E-state index is -0.301. The van der Waals surface area contributed by atoms with Gasteiger partial charge < -0.3 is 9.64 Å². The van der Waals surface area contributed by atoms with Crippen molar-refractivity contribution in [1.29, 1.82) is 0 Å². The van der Waals surface area contributed by atoms with Crippen LogP contribution in [0.2, 0.25) is 0 Å². The monoisotopic (exact) mass is 326 g/mol. The summed E-state index contributed by atoms with van der Waals surface area (Å²) in [5, 5.41) is 0.